The Bertz CT molecular complexity index is 446. The third kappa shape index (κ3) is 4.07. The third-order valence-corrected chi connectivity index (χ3v) is 5.05. The van der Waals surface area contributed by atoms with Gasteiger partial charge in [-0.1, -0.05) is 32.0 Å². The second-order valence-corrected chi connectivity index (χ2v) is 7.42. The summed E-state index contributed by atoms with van der Waals surface area (Å²) in [4.78, 5) is 0. The second kappa shape index (κ2) is 6.56. The molecule has 3 heteroatoms. The zero-order chi connectivity index (χ0) is 13.8. The molecule has 2 nitrogen and oxygen atoms in total. The third-order valence-electron chi connectivity index (χ3n) is 4.33. The van der Waals surface area contributed by atoms with Gasteiger partial charge < -0.3 is 5.32 Å². The Balaban J connectivity index is 2.04. The number of hydrogen-bond acceptors (Lipinski definition) is 2. The lowest BCUT2D eigenvalue weighted by molar-refractivity contribution is 0.261. The molecule has 0 radical (unpaired) electrons. The molecule has 1 N–H and O–H groups in total. The number of benzene rings is 1. The van der Waals surface area contributed by atoms with Crippen LogP contribution in [0.5, 0.6) is 0 Å². The molecule has 1 fully saturated rings. The number of anilines is 1. The second-order valence-electron chi connectivity index (χ2n) is 5.98. The van der Waals surface area contributed by atoms with E-state index in [9.17, 15) is 4.21 Å². The van der Waals surface area contributed by atoms with Gasteiger partial charge >= 0.3 is 0 Å². The highest BCUT2D eigenvalue weighted by Gasteiger charge is 2.24. The molecule has 1 aliphatic carbocycles. The number of nitrogens with one attached hydrogen (secondary N) is 1. The normalized spacial score (nSPS) is 28.9. The highest BCUT2D eigenvalue weighted by molar-refractivity contribution is 7.83. The van der Waals surface area contributed by atoms with Gasteiger partial charge in [0.25, 0.3) is 0 Å². The summed E-state index contributed by atoms with van der Waals surface area (Å²) in [6, 6.07) is 8.85. The lowest BCUT2D eigenvalue weighted by Gasteiger charge is -2.33. The smallest absolute Gasteiger partial charge is 0.0503 e. The molecule has 0 bridgehead atoms. The van der Waals surface area contributed by atoms with E-state index in [1.807, 2.05) is 6.07 Å². The van der Waals surface area contributed by atoms with Gasteiger partial charge in [0, 0.05) is 28.8 Å². The van der Waals surface area contributed by atoms with Gasteiger partial charge in [0.05, 0.1) is 5.75 Å². The Labute approximate surface area is 119 Å². The van der Waals surface area contributed by atoms with Crippen LogP contribution in [0.15, 0.2) is 24.3 Å². The van der Waals surface area contributed by atoms with Crippen LogP contribution in [-0.2, 0) is 16.6 Å². The quantitative estimate of drug-likeness (QED) is 0.908. The van der Waals surface area contributed by atoms with Gasteiger partial charge in [0.2, 0.25) is 0 Å². The summed E-state index contributed by atoms with van der Waals surface area (Å²) in [6.45, 7) is 4.71. The maximum Gasteiger partial charge on any atom is 0.0503 e. The fraction of sp³-hybridized carbons (Fsp3) is 0.625. The minimum absolute atomic E-state index is 0.567. The Morgan fingerprint density at radius 2 is 1.95 bits per heavy atom. The summed E-state index contributed by atoms with van der Waals surface area (Å²) in [6.07, 6.45) is 5.56. The van der Waals surface area contributed by atoms with E-state index in [1.165, 1.54) is 30.5 Å². The first kappa shape index (κ1) is 14.6. The van der Waals surface area contributed by atoms with Crippen LogP contribution in [0.4, 0.5) is 5.69 Å². The van der Waals surface area contributed by atoms with E-state index < -0.39 is 10.8 Å². The van der Waals surface area contributed by atoms with Crippen molar-refractivity contribution in [3.63, 3.8) is 0 Å². The Hall–Kier alpha value is -0.830. The van der Waals surface area contributed by atoms with Crippen molar-refractivity contribution in [1.29, 1.82) is 0 Å². The van der Waals surface area contributed by atoms with Crippen LogP contribution in [0.25, 0.3) is 0 Å². The molecule has 0 aromatic heterocycles. The van der Waals surface area contributed by atoms with Gasteiger partial charge in [0.1, 0.15) is 0 Å². The number of para-hydroxylation sites is 1. The average molecular weight is 279 g/mol. The molecule has 0 aliphatic heterocycles. The fourth-order valence-corrected chi connectivity index (χ4v) is 3.59. The predicted molar refractivity (Wildman–Crippen MR) is 83.8 cm³/mol. The van der Waals surface area contributed by atoms with Gasteiger partial charge in [-0.3, -0.25) is 4.21 Å². The van der Waals surface area contributed by atoms with Crippen LogP contribution in [0.1, 0.15) is 38.7 Å². The van der Waals surface area contributed by atoms with E-state index in [1.54, 1.807) is 6.26 Å². The summed E-state index contributed by atoms with van der Waals surface area (Å²) in [5.41, 5.74) is 2.35. The Morgan fingerprint density at radius 3 is 2.63 bits per heavy atom. The van der Waals surface area contributed by atoms with Crippen LogP contribution in [0.2, 0.25) is 0 Å². The monoisotopic (exact) mass is 279 g/mol. The molecule has 0 unspecified atom stereocenters. The molecule has 1 aromatic rings. The van der Waals surface area contributed by atoms with Crippen molar-refractivity contribution in [1.82, 2.24) is 0 Å². The van der Waals surface area contributed by atoms with Gasteiger partial charge in [-0.25, -0.2) is 0 Å². The minimum Gasteiger partial charge on any atom is -0.382 e. The molecule has 1 saturated carbocycles. The fourth-order valence-electron chi connectivity index (χ4n) is 2.90. The molecule has 106 valence electrons. The largest absolute Gasteiger partial charge is 0.382 e. The maximum absolute atomic E-state index is 11.4. The molecule has 0 saturated heterocycles. The van der Waals surface area contributed by atoms with Crippen molar-refractivity contribution in [2.24, 2.45) is 11.8 Å². The first-order chi connectivity index (χ1) is 9.06. The van der Waals surface area contributed by atoms with Crippen LogP contribution < -0.4 is 5.32 Å². The highest BCUT2D eigenvalue weighted by atomic mass is 32.2. The van der Waals surface area contributed by atoms with Crippen LogP contribution in [0, 0.1) is 11.8 Å². The first-order valence-corrected chi connectivity index (χ1v) is 8.93. The molecular weight excluding hydrogens is 254 g/mol. The zero-order valence-electron chi connectivity index (χ0n) is 12.2. The van der Waals surface area contributed by atoms with Gasteiger partial charge in [-0.05, 0) is 42.7 Å². The molecule has 2 rings (SSSR count). The highest BCUT2D eigenvalue weighted by Crippen LogP contribution is 2.31. The summed E-state index contributed by atoms with van der Waals surface area (Å²) < 4.78 is 11.4. The lowest BCUT2D eigenvalue weighted by Crippen LogP contribution is -2.30. The van der Waals surface area contributed by atoms with Gasteiger partial charge in [-0.15, -0.1) is 0 Å². The first-order valence-electron chi connectivity index (χ1n) is 7.20. The van der Waals surface area contributed by atoms with Crippen molar-refractivity contribution in [3.8, 4) is 0 Å². The summed E-state index contributed by atoms with van der Waals surface area (Å²) >= 11 is 0. The Morgan fingerprint density at radius 1 is 1.21 bits per heavy atom. The van der Waals surface area contributed by atoms with Crippen LogP contribution in [0.3, 0.4) is 0 Å². The van der Waals surface area contributed by atoms with Crippen molar-refractivity contribution < 1.29 is 4.21 Å². The summed E-state index contributed by atoms with van der Waals surface area (Å²) in [5.74, 6) is 2.28. The van der Waals surface area contributed by atoms with E-state index in [0.29, 0.717) is 11.8 Å². The topological polar surface area (TPSA) is 29.1 Å². The minimum atomic E-state index is -0.786. The van der Waals surface area contributed by atoms with Crippen molar-refractivity contribution >= 4 is 16.5 Å². The van der Waals surface area contributed by atoms with Crippen molar-refractivity contribution in [2.75, 3.05) is 11.6 Å². The van der Waals surface area contributed by atoms with E-state index in [2.05, 4.69) is 37.4 Å². The molecule has 0 spiro atoms. The number of rotatable bonds is 4. The van der Waals surface area contributed by atoms with Crippen molar-refractivity contribution in [2.45, 2.75) is 44.9 Å². The summed E-state index contributed by atoms with van der Waals surface area (Å²) in [5, 5.41) is 3.67. The SMILES string of the molecule is C[C@@H]1CC[C@H](Nc2ccccc2C[S@@](C)=O)C[C@H]1C. The lowest BCUT2D eigenvalue weighted by atomic mass is 9.79. The molecule has 0 heterocycles. The van der Waals surface area contributed by atoms with Crippen molar-refractivity contribution in [3.05, 3.63) is 29.8 Å². The summed E-state index contributed by atoms with van der Waals surface area (Å²) in [7, 11) is -0.786. The Kier molecular flexibility index (Phi) is 5.03. The molecule has 4 atom stereocenters. The van der Waals surface area contributed by atoms with Gasteiger partial charge in [-0.2, -0.15) is 0 Å². The molecular formula is C16H25NOS. The molecule has 1 aromatic carbocycles. The predicted octanol–water partition coefficient (Wildman–Crippen LogP) is 3.80. The van der Waals surface area contributed by atoms with Crippen LogP contribution in [-0.4, -0.2) is 16.5 Å². The average Bonchev–Trinajstić information content (AvgIpc) is 2.36. The zero-order valence-corrected chi connectivity index (χ0v) is 13.0. The molecule has 19 heavy (non-hydrogen) atoms. The van der Waals surface area contributed by atoms with E-state index in [0.717, 1.165) is 11.8 Å². The standard InChI is InChI=1S/C16H25NOS/c1-12-8-9-15(10-13(12)2)17-16-7-5-4-6-14(16)11-19(3)18/h4-7,12-13,15,17H,8-11H2,1-3H3/t12-,13-,15+,19-/m1/s1. The van der Waals surface area contributed by atoms with E-state index in [4.69, 9.17) is 0 Å². The maximum atomic E-state index is 11.4. The van der Waals surface area contributed by atoms with E-state index in [-0.39, 0.29) is 0 Å². The molecule has 0 amide bonds. The van der Waals surface area contributed by atoms with E-state index >= 15 is 0 Å². The van der Waals surface area contributed by atoms with Gasteiger partial charge in [0.15, 0.2) is 0 Å². The number of hydrogen-bond donors (Lipinski definition) is 1. The van der Waals surface area contributed by atoms with Crippen LogP contribution >= 0.6 is 0 Å². The molecule has 1 aliphatic rings.